The number of ether oxygens (including phenoxy) is 2. The summed E-state index contributed by atoms with van der Waals surface area (Å²) in [6.45, 7) is 4.98. The Morgan fingerprint density at radius 3 is 2.88 bits per heavy atom. The second kappa shape index (κ2) is 9.88. The summed E-state index contributed by atoms with van der Waals surface area (Å²) in [5, 5.41) is 3.47. The fourth-order valence-electron chi connectivity index (χ4n) is 3.07. The Labute approximate surface area is 159 Å². The second-order valence-corrected chi connectivity index (χ2v) is 7.02. The molecule has 0 aromatic carbocycles. The van der Waals surface area contributed by atoms with Crippen molar-refractivity contribution in [1.29, 1.82) is 0 Å². The normalized spacial score (nSPS) is 22.3. The van der Waals surface area contributed by atoms with Gasteiger partial charge in [-0.05, 0) is 25.0 Å². The van der Waals surface area contributed by atoms with Gasteiger partial charge in [-0.2, -0.15) is 0 Å². The molecule has 2 rings (SSSR count). The quantitative estimate of drug-likeness (QED) is 0.357. The number of ketones is 1. The van der Waals surface area contributed by atoms with E-state index in [4.69, 9.17) is 21.1 Å². The van der Waals surface area contributed by atoms with Crippen LogP contribution in [0.5, 0.6) is 0 Å². The van der Waals surface area contributed by atoms with Crippen LogP contribution < -0.4 is 5.32 Å². The lowest BCUT2D eigenvalue weighted by atomic mass is 9.78. The molecule has 6 nitrogen and oxygen atoms in total. The lowest BCUT2D eigenvalue weighted by Crippen LogP contribution is -2.39. The maximum Gasteiger partial charge on any atom is 0.320 e. The van der Waals surface area contributed by atoms with Crippen LogP contribution in [0.25, 0.3) is 0 Å². The van der Waals surface area contributed by atoms with Crippen LogP contribution in [-0.4, -0.2) is 42.6 Å². The van der Waals surface area contributed by atoms with E-state index in [2.05, 4.69) is 17.2 Å². The third-order valence-electron chi connectivity index (χ3n) is 4.73. The van der Waals surface area contributed by atoms with Gasteiger partial charge in [-0.25, -0.2) is 4.98 Å². The fraction of sp³-hybridized carbons (Fsp3) is 0.632. The van der Waals surface area contributed by atoms with E-state index in [-0.39, 0.29) is 18.4 Å². The smallest absolute Gasteiger partial charge is 0.320 e. The highest BCUT2D eigenvalue weighted by molar-refractivity contribution is 6.30. The van der Waals surface area contributed by atoms with Crippen LogP contribution in [0.4, 0.5) is 5.82 Å². The van der Waals surface area contributed by atoms with Crippen LogP contribution in [0.3, 0.4) is 0 Å². The molecule has 0 aliphatic carbocycles. The second-order valence-electron chi connectivity index (χ2n) is 6.59. The lowest BCUT2D eigenvalue weighted by molar-refractivity contribution is -0.153. The predicted molar refractivity (Wildman–Crippen MR) is 100 cm³/mol. The Bertz CT molecular complexity index is 608. The third-order valence-corrected chi connectivity index (χ3v) is 4.95. The van der Waals surface area contributed by atoms with Crippen molar-refractivity contribution in [3.63, 3.8) is 0 Å². The fourth-order valence-corrected chi connectivity index (χ4v) is 3.19. The van der Waals surface area contributed by atoms with E-state index >= 15 is 0 Å². The average molecular weight is 383 g/mol. The molecule has 26 heavy (non-hydrogen) atoms. The number of hydrogen-bond donors (Lipinski definition) is 1. The Balaban J connectivity index is 1.88. The number of esters is 1. The lowest BCUT2D eigenvalue weighted by Gasteiger charge is -2.21. The molecule has 2 unspecified atom stereocenters. The highest BCUT2D eigenvalue weighted by Gasteiger charge is 2.52. The molecule has 0 radical (unpaired) electrons. The van der Waals surface area contributed by atoms with Crippen molar-refractivity contribution < 1.29 is 19.1 Å². The highest BCUT2D eigenvalue weighted by Crippen LogP contribution is 2.38. The SMILES string of the molecule is CCCCCOCC1CC(CC)(C(=O)CNc2ccc(Cl)cn2)C(=O)O1. The summed E-state index contributed by atoms with van der Waals surface area (Å²) in [4.78, 5) is 29.3. The molecule has 2 heterocycles. The standard InChI is InChI=1S/C19H27ClN2O4/c1-3-5-6-9-25-13-15-10-19(4-2,18(24)26-15)16(23)12-22-17-8-7-14(20)11-21-17/h7-8,11,15H,3-6,9-10,12-13H2,1-2H3,(H,21,22). The largest absolute Gasteiger partial charge is 0.459 e. The first kappa shape index (κ1) is 20.6. The zero-order chi connectivity index (χ0) is 19.0. The van der Waals surface area contributed by atoms with Gasteiger partial charge in [-0.1, -0.05) is 38.3 Å². The number of nitrogens with one attached hydrogen (secondary N) is 1. The monoisotopic (exact) mass is 382 g/mol. The molecule has 2 atom stereocenters. The number of nitrogens with zero attached hydrogens (tertiary/aromatic N) is 1. The molecule has 1 aromatic rings. The summed E-state index contributed by atoms with van der Waals surface area (Å²) in [5.41, 5.74) is -1.10. The number of unbranched alkanes of at least 4 members (excludes halogenated alkanes) is 2. The molecule has 1 aliphatic heterocycles. The number of carbonyl (C=O) groups is 2. The van der Waals surface area contributed by atoms with E-state index in [1.165, 1.54) is 6.20 Å². The molecule has 0 saturated carbocycles. The minimum Gasteiger partial charge on any atom is -0.459 e. The molecule has 1 fully saturated rings. The van der Waals surface area contributed by atoms with Crippen LogP contribution in [-0.2, 0) is 19.1 Å². The van der Waals surface area contributed by atoms with Gasteiger partial charge in [0.1, 0.15) is 17.3 Å². The van der Waals surface area contributed by atoms with Crippen LogP contribution in [0.2, 0.25) is 5.02 Å². The molecule has 0 amide bonds. The molecule has 1 aliphatic rings. The molecule has 1 N–H and O–H groups in total. The van der Waals surface area contributed by atoms with Gasteiger partial charge in [0.25, 0.3) is 0 Å². The molecule has 0 bridgehead atoms. The van der Waals surface area contributed by atoms with Gasteiger partial charge < -0.3 is 14.8 Å². The van der Waals surface area contributed by atoms with Crippen molar-refractivity contribution in [2.45, 2.75) is 52.1 Å². The molecule has 0 spiro atoms. The first-order chi connectivity index (χ1) is 12.5. The van der Waals surface area contributed by atoms with Crippen molar-refractivity contribution >= 4 is 29.2 Å². The van der Waals surface area contributed by atoms with E-state index in [0.29, 0.717) is 36.9 Å². The number of carbonyl (C=O) groups excluding carboxylic acids is 2. The van der Waals surface area contributed by atoms with Gasteiger partial charge in [0, 0.05) is 19.2 Å². The average Bonchev–Trinajstić information content (AvgIpc) is 2.97. The maximum atomic E-state index is 12.8. The van der Waals surface area contributed by atoms with E-state index in [9.17, 15) is 9.59 Å². The third kappa shape index (κ3) is 5.17. The van der Waals surface area contributed by atoms with E-state index in [1.807, 2.05) is 6.92 Å². The van der Waals surface area contributed by atoms with Gasteiger partial charge in [0.2, 0.25) is 0 Å². The number of Topliss-reactive ketones (excluding diaryl/α,β-unsaturated/α-hetero) is 1. The number of aromatic nitrogens is 1. The summed E-state index contributed by atoms with van der Waals surface area (Å²) in [6.07, 6.45) is 5.16. The summed E-state index contributed by atoms with van der Waals surface area (Å²) < 4.78 is 11.0. The number of cyclic esters (lactones) is 1. The summed E-state index contributed by atoms with van der Waals surface area (Å²) in [5.74, 6) is -0.0931. The zero-order valence-corrected chi connectivity index (χ0v) is 16.2. The summed E-state index contributed by atoms with van der Waals surface area (Å²) >= 11 is 5.80. The van der Waals surface area contributed by atoms with Gasteiger partial charge >= 0.3 is 5.97 Å². The first-order valence-electron chi connectivity index (χ1n) is 9.19. The molecule has 1 aromatic heterocycles. The van der Waals surface area contributed by atoms with Crippen molar-refractivity contribution in [2.24, 2.45) is 5.41 Å². The van der Waals surface area contributed by atoms with Crippen molar-refractivity contribution in [3.05, 3.63) is 23.4 Å². The van der Waals surface area contributed by atoms with Crippen LogP contribution in [0.1, 0.15) is 46.0 Å². The van der Waals surface area contributed by atoms with Crippen LogP contribution >= 0.6 is 11.6 Å². The number of rotatable bonds is 11. The highest BCUT2D eigenvalue weighted by atomic mass is 35.5. The Hall–Kier alpha value is -1.66. The molecule has 144 valence electrons. The Morgan fingerprint density at radius 2 is 2.23 bits per heavy atom. The van der Waals surface area contributed by atoms with Gasteiger partial charge in [0.05, 0.1) is 18.2 Å². The zero-order valence-electron chi connectivity index (χ0n) is 15.4. The Kier molecular flexibility index (Phi) is 7.85. The van der Waals surface area contributed by atoms with Crippen LogP contribution in [0, 0.1) is 5.41 Å². The maximum absolute atomic E-state index is 12.8. The number of hydrogen-bond acceptors (Lipinski definition) is 6. The number of pyridine rings is 1. The molecular weight excluding hydrogens is 356 g/mol. The van der Waals surface area contributed by atoms with Gasteiger partial charge in [-0.3, -0.25) is 9.59 Å². The predicted octanol–water partition coefficient (Wildman–Crippen LogP) is 3.63. The van der Waals surface area contributed by atoms with Crippen LogP contribution in [0.15, 0.2) is 18.3 Å². The van der Waals surface area contributed by atoms with Crippen molar-refractivity contribution in [3.8, 4) is 0 Å². The van der Waals surface area contributed by atoms with E-state index < -0.39 is 11.4 Å². The van der Waals surface area contributed by atoms with Gasteiger partial charge in [-0.15, -0.1) is 0 Å². The Morgan fingerprint density at radius 1 is 1.42 bits per heavy atom. The van der Waals surface area contributed by atoms with Crippen molar-refractivity contribution in [2.75, 3.05) is 25.1 Å². The van der Waals surface area contributed by atoms with Crippen molar-refractivity contribution in [1.82, 2.24) is 4.98 Å². The number of halogens is 1. The molecule has 7 heteroatoms. The first-order valence-corrected chi connectivity index (χ1v) is 9.57. The van der Waals surface area contributed by atoms with E-state index in [1.54, 1.807) is 12.1 Å². The molecule has 1 saturated heterocycles. The summed E-state index contributed by atoms with van der Waals surface area (Å²) in [6, 6.07) is 3.38. The molecular formula is C19H27ClN2O4. The minimum absolute atomic E-state index is 0.0155. The summed E-state index contributed by atoms with van der Waals surface area (Å²) in [7, 11) is 0. The van der Waals surface area contributed by atoms with Gasteiger partial charge in [0.15, 0.2) is 5.78 Å². The minimum atomic E-state index is -1.10. The number of anilines is 1. The van der Waals surface area contributed by atoms with E-state index in [0.717, 1.165) is 19.3 Å². The topological polar surface area (TPSA) is 77.5 Å².